The van der Waals surface area contributed by atoms with Gasteiger partial charge >= 0.3 is 11.9 Å². The molecule has 1 heterocycles. The number of thioether (sulfide) groups is 1. The van der Waals surface area contributed by atoms with Gasteiger partial charge in [-0.1, -0.05) is 213 Å². The zero-order valence-corrected chi connectivity index (χ0v) is 44.8. The number of ether oxygens (including phenoxy) is 2. The Morgan fingerprint density at radius 1 is 0.477 bits per heavy atom. The highest BCUT2D eigenvalue weighted by atomic mass is 32.2. The molecule has 8 heteroatoms. The summed E-state index contributed by atoms with van der Waals surface area (Å²) in [5.41, 5.74) is 0. The Balaban J connectivity index is 2.62. The number of carbonyl (C=O) groups is 3. The number of piperidine rings is 1. The molecule has 0 aromatic carbocycles. The molecule has 0 aromatic rings. The minimum atomic E-state index is -0.00482. The molecule has 2 unspecified atom stereocenters. The van der Waals surface area contributed by atoms with E-state index in [-0.39, 0.29) is 11.9 Å². The third-order valence-electron chi connectivity index (χ3n) is 14.2. The summed E-state index contributed by atoms with van der Waals surface area (Å²) >= 11 is 1.59. The van der Waals surface area contributed by atoms with Crippen LogP contribution in [0.4, 0.5) is 4.79 Å². The lowest BCUT2D eigenvalue weighted by atomic mass is 9.94. The molecule has 1 aliphatic heterocycles. The molecule has 0 aromatic heterocycles. The lowest BCUT2D eigenvalue weighted by Gasteiger charge is -2.36. The molecule has 1 N–H and O–H groups in total. The van der Waals surface area contributed by atoms with Crippen LogP contribution in [0.25, 0.3) is 0 Å². The molecule has 65 heavy (non-hydrogen) atoms. The van der Waals surface area contributed by atoms with E-state index in [0.29, 0.717) is 55.1 Å². The van der Waals surface area contributed by atoms with Crippen LogP contribution in [0.2, 0.25) is 0 Å². The molecular formula is C57H110N2O5S. The first-order chi connectivity index (χ1) is 31.9. The Hall–Kier alpha value is -1.28. The van der Waals surface area contributed by atoms with E-state index >= 15 is 0 Å². The van der Waals surface area contributed by atoms with Crippen molar-refractivity contribution in [2.75, 3.05) is 38.6 Å². The number of hydrogen-bond donors (Lipinski definition) is 1. The van der Waals surface area contributed by atoms with Crippen LogP contribution in [0, 0.1) is 17.8 Å². The fraction of sp³-hybridized carbons (Fsp3) is 0.947. The molecular weight excluding hydrogens is 825 g/mol. The smallest absolute Gasteiger partial charge is 0.305 e. The molecule has 0 radical (unpaired) electrons. The summed E-state index contributed by atoms with van der Waals surface area (Å²) in [4.78, 5) is 41.7. The van der Waals surface area contributed by atoms with Crippen molar-refractivity contribution in [3.63, 3.8) is 0 Å². The van der Waals surface area contributed by atoms with Gasteiger partial charge in [-0.05, 0) is 101 Å². The monoisotopic (exact) mass is 935 g/mol. The number of unbranched alkanes of at least 4 members (excludes halogenated alkanes) is 22. The normalized spacial score (nSPS) is 14.6. The van der Waals surface area contributed by atoms with Crippen molar-refractivity contribution in [2.45, 2.75) is 291 Å². The van der Waals surface area contributed by atoms with Gasteiger partial charge in [-0.3, -0.25) is 14.4 Å². The van der Waals surface area contributed by atoms with Crippen LogP contribution in [0.3, 0.4) is 0 Å². The molecule has 7 nitrogen and oxygen atoms in total. The number of amides is 1. The zero-order chi connectivity index (χ0) is 47.3. The minimum Gasteiger partial charge on any atom is -0.465 e. The highest BCUT2D eigenvalue weighted by Crippen LogP contribution is 2.27. The second-order valence-electron chi connectivity index (χ2n) is 20.4. The van der Waals surface area contributed by atoms with Gasteiger partial charge in [-0.2, -0.15) is 0 Å². The predicted molar refractivity (Wildman–Crippen MR) is 282 cm³/mol. The van der Waals surface area contributed by atoms with Crippen LogP contribution >= 0.6 is 11.8 Å². The Morgan fingerprint density at radius 2 is 0.846 bits per heavy atom. The van der Waals surface area contributed by atoms with Gasteiger partial charge in [0.15, 0.2) is 0 Å². The van der Waals surface area contributed by atoms with Crippen LogP contribution < -0.4 is 5.32 Å². The Bertz CT molecular complexity index is 1010. The fourth-order valence-corrected chi connectivity index (χ4v) is 10.6. The van der Waals surface area contributed by atoms with Crippen molar-refractivity contribution in [3.8, 4) is 0 Å². The molecule has 0 saturated carbocycles. The maximum Gasteiger partial charge on any atom is 0.305 e. The predicted octanol–water partition coefficient (Wildman–Crippen LogP) is 17.4. The van der Waals surface area contributed by atoms with Gasteiger partial charge in [0.05, 0.1) is 13.2 Å². The number of hydrogen-bond acceptors (Lipinski definition) is 7. The number of carbonyl (C=O) groups excluding carboxylic acids is 3. The topological polar surface area (TPSA) is 84.9 Å². The SMILES string of the molecule is CCCCCCCSC(=O)N(CC1CCNCC1)C(CCCCCCCCC(=O)OCC(CCCC)CCCCCC)CCCCCCCCC(=O)OCC(CCCC)CCCCCC. The largest absolute Gasteiger partial charge is 0.465 e. The van der Waals surface area contributed by atoms with E-state index < -0.39 is 0 Å². The van der Waals surface area contributed by atoms with Crippen molar-refractivity contribution in [2.24, 2.45) is 17.8 Å². The fourth-order valence-electron chi connectivity index (χ4n) is 9.73. The molecule has 0 aliphatic carbocycles. The van der Waals surface area contributed by atoms with Gasteiger partial charge in [-0.15, -0.1) is 0 Å². The average molecular weight is 936 g/mol. The number of esters is 2. The summed E-state index contributed by atoms with van der Waals surface area (Å²) in [7, 11) is 0. The Labute approximate surface area is 408 Å². The molecule has 1 fully saturated rings. The first-order valence-corrected chi connectivity index (χ1v) is 29.8. The average Bonchev–Trinajstić information content (AvgIpc) is 3.32. The first-order valence-electron chi connectivity index (χ1n) is 28.8. The molecule has 2 atom stereocenters. The third kappa shape index (κ3) is 37.3. The third-order valence-corrected chi connectivity index (χ3v) is 15.2. The summed E-state index contributed by atoms with van der Waals surface area (Å²) < 4.78 is 11.6. The van der Waals surface area contributed by atoms with Crippen molar-refractivity contribution in [1.82, 2.24) is 10.2 Å². The van der Waals surface area contributed by atoms with E-state index in [9.17, 15) is 14.4 Å². The Kier molecular flexibility index (Phi) is 44.1. The lowest BCUT2D eigenvalue weighted by molar-refractivity contribution is -0.146. The maximum absolute atomic E-state index is 14.1. The molecule has 1 aliphatic rings. The van der Waals surface area contributed by atoms with Crippen molar-refractivity contribution < 1.29 is 23.9 Å². The van der Waals surface area contributed by atoms with Gasteiger partial charge in [0, 0.05) is 31.2 Å². The molecule has 1 saturated heterocycles. The summed E-state index contributed by atoms with van der Waals surface area (Å²) in [5.74, 6) is 2.57. The molecule has 384 valence electrons. The van der Waals surface area contributed by atoms with Gasteiger partial charge in [0.25, 0.3) is 5.24 Å². The second-order valence-corrected chi connectivity index (χ2v) is 21.5. The van der Waals surface area contributed by atoms with Gasteiger partial charge in [-0.25, -0.2) is 0 Å². The van der Waals surface area contributed by atoms with Crippen LogP contribution in [0.1, 0.15) is 285 Å². The van der Waals surface area contributed by atoms with E-state index in [0.717, 1.165) is 109 Å². The molecule has 1 amide bonds. The highest BCUT2D eigenvalue weighted by Gasteiger charge is 2.27. The lowest BCUT2D eigenvalue weighted by Crippen LogP contribution is -2.43. The maximum atomic E-state index is 14.1. The van der Waals surface area contributed by atoms with E-state index in [4.69, 9.17) is 9.47 Å². The standard InChI is InChI=1S/C57H110N2O5S/c1-6-11-16-27-34-47-65-57(62)59(48-51-43-45-58-46-44-51)54(39-30-23-19-21-25-32-41-55(60)63-49-52(35-14-9-4)37-28-17-12-7-2)40-31-24-20-22-26-33-42-56(61)64-50-53(36-15-10-5)38-29-18-13-8-3/h51-54,58H,6-50H2,1-5H3. The molecule has 1 rings (SSSR count). The van der Waals surface area contributed by atoms with E-state index in [1.54, 1.807) is 11.8 Å². The first kappa shape index (κ1) is 61.7. The zero-order valence-electron chi connectivity index (χ0n) is 44.0. The number of rotatable bonds is 47. The molecule has 0 spiro atoms. The molecule has 0 bridgehead atoms. The van der Waals surface area contributed by atoms with E-state index in [1.807, 2.05) is 0 Å². The van der Waals surface area contributed by atoms with Crippen LogP contribution in [-0.2, 0) is 19.1 Å². The quantitative estimate of drug-likeness (QED) is 0.0481. The summed E-state index contributed by atoms with van der Waals surface area (Å²) in [6.45, 7) is 15.5. The summed E-state index contributed by atoms with van der Waals surface area (Å²) in [6, 6.07) is 0.315. The van der Waals surface area contributed by atoms with Crippen LogP contribution in [0.15, 0.2) is 0 Å². The van der Waals surface area contributed by atoms with Crippen LogP contribution in [-0.4, -0.2) is 66.7 Å². The van der Waals surface area contributed by atoms with Gasteiger partial charge in [0.1, 0.15) is 0 Å². The minimum absolute atomic E-state index is 0.00482. The number of nitrogens with one attached hydrogen (secondary N) is 1. The van der Waals surface area contributed by atoms with E-state index in [1.165, 1.54) is 154 Å². The van der Waals surface area contributed by atoms with Crippen LogP contribution in [0.5, 0.6) is 0 Å². The van der Waals surface area contributed by atoms with Crippen molar-refractivity contribution in [3.05, 3.63) is 0 Å². The summed E-state index contributed by atoms with van der Waals surface area (Å²) in [5, 5.41) is 3.86. The second kappa shape index (κ2) is 46.4. The number of nitrogens with zero attached hydrogens (tertiary/aromatic N) is 1. The van der Waals surface area contributed by atoms with E-state index in [2.05, 4.69) is 44.8 Å². The van der Waals surface area contributed by atoms with Gasteiger partial charge < -0.3 is 19.7 Å². The van der Waals surface area contributed by atoms with Gasteiger partial charge in [0.2, 0.25) is 0 Å². The van der Waals surface area contributed by atoms with Crippen molar-refractivity contribution in [1.29, 1.82) is 0 Å². The highest BCUT2D eigenvalue weighted by molar-refractivity contribution is 8.13. The summed E-state index contributed by atoms with van der Waals surface area (Å²) in [6.07, 6.45) is 45.1. The van der Waals surface area contributed by atoms with Crippen molar-refractivity contribution >= 4 is 28.9 Å². The Morgan fingerprint density at radius 3 is 1.31 bits per heavy atom.